The van der Waals surface area contributed by atoms with Gasteiger partial charge in [0.2, 0.25) is 11.8 Å². The van der Waals surface area contributed by atoms with Gasteiger partial charge in [-0.25, -0.2) is 0 Å². The first kappa shape index (κ1) is 26.2. The van der Waals surface area contributed by atoms with Crippen LogP contribution in [0.3, 0.4) is 0 Å². The van der Waals surface area contributed by atoms with Crippen molar-refractivity contribution in [3.63, 3.8) is 0 Å². The fourth-order valence-corrected chi connectivity index (χ4v) is 4.28. The molecule has 13 heteroatoms. The maximum atomic E-state index is 13.5. The third-order valence-corrected chi connectivity index (χ3v) is 6.10. The fraction of sp³-hybridized carbons (Fsp3) is 0.261. The van der Waals surface area contributed by atoms with Crippen molar-refractivity contribution in [1.82, 2.24) is 10.6 Å². The zero-order valence-electron chi connectivity index (χ0n) is 19.0. The van der Waals surface area contributed by atoms with E-state index in [9.17, 15) is 33.6 Å². The normalized spacial score (nSPS) is 15.8. The monoisotopic (exact) mass is 514 g/mol. The van der Waals surface area contributed by atoms with Gasteiger partial charge in [-0.15, -0.1) is 11.3 Å². The molecule has 2 aromatic rings. The van der Waals surface area contributed by atoms with E-state index in [0.717, 1.165) is 16.2 Å². The zero-order valence-corrected chi connectivity index (χ0v) is 19.8. The molecule has 3 N–H and O–H groups in total. The van der Waals surface area contributed by atoms with Crippen molar-refractivity contribution >= 4 is 64.4 Å². The number of thiophene rings is 1. The molecule has 0 saturated carbocycles. The summed E-state index contributed by atoms with van der Waals surface area (Å²) >= 11 is 1.05. The topological polar surface area (TPSA) is 170 Å². The van der Waals surface area contributed by atoms with Crippen LogP contribution in [-0.2, 0) is 28.8 Å². The smallest absolute Gasteiger partial charge is 0.305 e. The lowest BCUT2D eigenvalue weighted by atomic mass is 10.2. The minimum absolute atomic E-state index is 0.162. The van der Waals surface area contributed by atoms with Crippen molar-refractivity contribution in [2.75, 3.05) is 22.9 Å². The Kier molecular flexibility index (Phi) is 8.27. The molecule has 2 unspecified atom stereocenters. The molecule has 4 amide bonds. The lowest BCUT2D eigenvalue weighted by Gasteiger charge is -2.25. The minimum Gasteiger partial charge on any atom is -0.481 e. The summed E-state index contributed by atoms with van der Waals surface area (Å²) in [5, 5.41) is 15.1. The number of rotatable bonds is 9. The van der Waals surface area contributed by atoms with Gasteiger partial charge in [0, 0.05) is 6.92 Å². The average Bonchev–Trinajstić information content (AvgIpc) is 3.35. The number of hydrogen-bond acceptors (Lipinski definition) is 8. The van der Waals surface area contributed by atoms with Crippen molar-refractivity contribution in [1.29, 1.82) is 0 Å². The van der Waals surface area contributed by atoms with Gasteiger partial charge >= 0.3 is 5.97 Å². The largest absolute Gasteiger partial charge is 0.481 e. The molecule has 2 heterocycles. The molecular weight excluding hydrogens is 492 g/mol. The highest BCUT2D eigenvalue weighted by Crippen LogP contribution is 2.32. The molecule has 12 nitrogen and oxygen atoms in total. The quantitative estimate of drug-likeness (QED) is 0.238. The van der Waals surface area contributed by atoms with E-state index < -0.39 is 60.4 Å². The molecule has 0 spiro atoms. The van der Waals surface area contributed by atoms with Gasteiger partial charge in [0.05, 0.1) is 35.3 Å². The summed E-state index contributed by atoms with van der Waals surface area (Å²) in [5.41, 5.74) is 0.458. The standard InChI is InChI=1S/C23H22N4O8S/c1-13(29)26-10-15(25-22(34)21(33)18-7-4-8-36-18)23(35)27(17-6-3-2-5-16(17)26)11-19(30)24-14(12-28)9-20(31)32/h2-8,12,14-15H,9-11H2,1H3,(H,24,30)(H,25,34)(H,31,32). The second-order valence-corrected chi connectivity index (χ2v) is 8.73. The lowest BCUT2D eigenvalue weighted by molar-refractivity contribution is -0.139. The van der Waals surface area contributed by atoms with E-state index >= 15 is 0 Å². The number of carboxylic acids is 1. The number of aliphatic carboxylic acids is 1. The molecule has 3 rings (SSSR count). The molecule has 0 fully saturated rings. The maximum Gasteiger partial charge on any atom is 0.305 e. The Balaban J connectivity index is 1.92. The Morgan fingerprint density at radius 2 is 1.83 bits per heavy atom. The van der Waals surface area contributed by atoms with Crippen LogP contribution < -0.4 is 20.4 Å². The van der Waals surface area contributed by atoms with Crippen LogP contribution in [0.5, 0.6) is 0 Å². The van der Waals surface area contributed by atoms with Crippen molar-refractivity contribution in [3.8, 4) is 0 Å². The molecule has 1 aliphatic heterocycles. The van der Waals surface area contributed by atoms with Crippen molar-refractivity contribution in [2.45, 2.75) is 25.4 Å². The van der Waals surface area contributed by atoms with Crippen LogP contribution >= 0.6 is 11.3 Å². The van der Waals surface area contributed by atoms with E-state index in [0.29, 0.717) is 0 Å². The highest BCUT2D eigenvalue weighted by molar-refractivity contribution is 7.13. The number of ketones is 1. The molecule has 0 saturated heterocycles. The van der Waals surface area contributed by atoms with Crippen LogP contribution in [0, 0.1) is 0 Å². The number of benzene rings is 1. The number of anilines is 2. The maximum absolute atomic E-state index is 13.5. The van der Waals surface area contributed by atoms with Crippen LogP contribution in [0.15, 0.2) is 41.8 Å². The van der Waals surface area contributed by atoms with E-state index in [1.807, 2.05) is 0 Å². The summed E-state index contributed by atoms with van der Waals surface area (Å²) in [4.78, 5) is 88.2. The Labute approximate surface area is 208 Å². The minimum atomic E-state index is -1.38. The average molecular weight is 515 g/mol. The van der Waals surface area contributed by atoms with Gasteiger partial charge in [-0.1, -0.05) is 18.2 Å². The van der Waals surface area contributed by atoms with Crippen LogP contribution in [0.2, 0.25) is 0 Å². The number of carboxylic acid groups (broad SMARTS) is 1. The molecule has 1 aromatic heterocycles. The number of carbonyl (C=O) groups is 7. The van der Waals surface area contributed by atoms with Crippen molar-refractivity contribution < 1.29 is 38.7 Å². The number of aldehydes is 1. The molecular formula is C23H22N4O8S. The number of nitrogens with one attached hydrogen (secondary N) is 2. The summed E-state index contributed by atoms with van der Waals surface area (Å²) in [6, 6.07) is 6.58. The molecule has 36 heavy (non-hydrogen) atoms. The van der Waals surface area contributed by atoms with E-state index in [1.165, 1.54) is 24.0 Å². The van der Waals surface area contributed by atoms with Gasteiger partial charge in [0.1, 0.15) is 18.9 Å². The third-order valence-electron chi connectivity index (χ3n) is 5.24. The summed E-state index contributed by atoms with van der Waals surface area (Å²) in [6.07, 6.45) is -0.387. The number of Topliss-reactive ketones (excluding diaryl/α,β-unsaturated/α-hetero) is 1. The summed E-state index contributed by atoms with van der Waals surface area (Å²) in [6.45, 7) is 0.319. The lowest BCUT2D eigenvalue weighted by Crippen LogP contribution is -2.55. The van der Waals surface area contributed by atoms with Gasteiger partial charge < -0.3 is 25.4 Å². The highest BCUT2D eigenvalue weighted by atomic mass is 32.1. The Morgan fingerprint density at radius 3 is 2.42 bits per heavy atom. The number of fused-ring (bicyclic) bond motifs is 1. The Hall–Kier alpha value is -4.39. The molecule has 2 atom stereocenters. The molecule has 0 radical (unpaired) electrons. The number of carbonyl (C=O) groups excluding carboxylic acids is 6. The summed E-state index contributed by atoms with van der Waals surface area (Å²) < 4.78 is 0. The van der Waals surface area contributed by atoms with Gasteiger partial charge in [-0.3, -0.25) is 33.7 Å². The Bertz CT molecular complexity index is 1210. The predicted molar refractivity (Wildman–Crippen MR) is 128 cm³/mol. The van der Waals surface area contributed by atoms with E-state index in [4.69, 9.17) is 5.11 Å². The molecule has 0 bridgehead atoms. The summed E-state index contributed by atoms with van der Waals surface area (Å²) in [7, 11) is 0. The molecule has 0 aliphatic carbocycles. The first-order valence-corrected chi connectivity index (χ1v) is 11.5. The first-order valence-electron chi connectivity index (χ1n) is 10.7. The van der Waals surface area contributed by atoms with Crippen LogP contribution in [-0.4, -0.2) is 71.9 Å². The highest BCUT2D eigenvalue weighted by Gasteiger charge is 2.38. The van der Waals surface area contributed by atoms with Crippen LogP contribution in [0.4, 0.5) is 11.4 Å². The third kappa shape index (κ3) is 5.99. The van der Waals surface area contributed by atoms with E-state index in [-0.39, 0.29) is 29.1 Å². The SMILES string of the molecule is CC(=O)N1CC(NC(=O)C(=O)c2cccs2)C(=O)N(CC(=O)NC(C=O)CC(=O)O)c2ccccc21. The molecule has 1 aliphatic rings. The number of nitrogens with zero attached hydrogens (tertiary/aromatic N) is 2. The van der Waals surface area contributed by atoms with Crippen molar-refractivity contribution in [3.05, 3.63) is 46.7 Å². The van der Waals surface area contributed by atoms with Crippen LogP contribution in [0.25, 0.3) is 0 Å². The molecule has 188 valence electrons. The second-order valence-electron chi connectivity index (χ2n) is 7.78. The van der Waals surface area contributed by atoms with Gasteiger partial charge in [-0.2, -0.15) is 0 Å². The fourth-order valence-electron chi connectivity index (χ4n) is 3.62. The number of amides is 4. The van der Waals surface area contributed by atoms with E-state index in [1.54, 1.807) is 29.6 Å². The second kappa shape index (κ2) is 11.4. The Morgan fingerprint density at radius 1 is 1.14 bits per heavy atom. The predicted octanol–water partition coefficient (Wildman–Crippen LogP) is -0.0263. The van der Waals surface area contributed by atoms with Gasteiger partial charge in [-0.05, 0) is 23.6 Å². The zero-order chi connectivity index (χ0) is 26.4. The number of para-hydroxylation sites is 2. The van der Waals surface area contributed by atoms with Crippen LogP contribution in [0.1, 0.15) is 23.0 Å². The first-order chi connectivity index (χ1) is 17.1. The van der Waals surface area contributed by atoms with Gasteiger partial charge in [0.15, 0.2) is 0 Å². The van der Waals surface area contributed by atoms with Gasteiger partial charge in [0.25, 0.3) is 17.6 Å². The number of hydrogen-bond donors (Lipinski definition) is 3. The molecule has 1 aromatic carbocycles. The van der Waals surface area contributed by atoms with Crippen molar-refractivity contribution in [2.24, 2.45) is 0 Å². The summed E-state index contributed by atoms with van der Waals surface area (Å²) in [5.74, 6) is -5.30. The van der Waals surface area contributed by atoms with E-state index in [2.05, 4.69) is 10.6 Å².